The Morgan fingerprint density at radius 2 is 1.63 bits per heavy atom. The van der Waals surface area contributed by atoms with Gasteiger partial charge in [0.1, 0.15) is 18.2 Å². The maximum absolute atomic E-state index is 10.4. The van der Waals surface area contributed by atoms with Crippen molar-refractivity contribution in [1.82, 2.24) is 0 Å². The van der Waals surface area contributed by atoms with Gasteiger partial charge in [0, 0.05) is 0 Å². The van der Waals surface area contributed by atoms with Gasteiger partial charge in [-0.2, -0.15) is 0 Å². The van der Waals surface area contributed by atoms with Crippen LogP contribution in [0.4, 0.5) is 0 Å². The maximum atomic E-state index is 10.4. The molecular formula is C20H41NO4Si2. The van der Waals surface area contributed by atoms with Gasteiger partial charge in [0.15, 0.2) is 29.1 Å². The van der Waals surface area contributed by atoms with Crippen LogP contribution < -0.4 is 0 Å². The van der Waals surface area contributed by atoms with E-state index in [0.29, 0.717) is 6.61 Å². The molecule has 27 heavy (non-hydrogen) atoms. The van der Waals surface area contributed by atoms with E-state index in [1.165, 1.54) is 12.5 Å². The van der Waals surface area contributed by atoms with E-state index in [-0.39, 0.29) is 22.2 Å². The summed E-state index contributed by atoms with van der Waals surface area (Å²) in [6.45, 7) is 26.3. The van der Waals surface area contributed by atoms with Gasteiger partial charge in [-0.1, -0.05) is 47.6 Å². The van der Waals surface area contributed by atoms with Gasteiger partial charge in [0.05, 0.1) is 6.61 Å². The fraction of sp³-hybridized carbons (Fsp3) is 0.850. The monoisotopic (exact) mass is 415 g/mol. The van der Waals surface area contributed by atoms with Crippen LogP contribution >= 0.6 is 0 Å². The van der Waals surface area contributed by atoms with Crippen molar-refractivity contribution in [2.24, 2.45) is 4.99 Å². The Labute approximate surface area is 168 Å². The molecule has 1 rings (SSSR count). The molecule has 0 bridgehead atoms. The van der Waals surface area contributed by atoms with Crippen LogP contribution in [0.3, 0.4) is 0 Å². The van der Waals surface area contributed by atoms with Crippen LogP contribution in [-0.2, 0) is 13.6 Å². The lowest BCUT2D eigenvalue weighted by Gasteiger charge is -2.45. The van der Waals surface area contributed by atoms with Crippen molar-refractivity contribution in [3.63, 3.8) is 0 Å². The van der Waals surface area contributed by atoms with E-state index < -0.39 is 28.8 Å². The summed E-state index contributed by atoms with van der Waals surface area (Å²) in [5, 5.41) is 10.6. The van der Waals surface area contributed by atoms with Crippen LogP contribution in [-0.4, -0.2) is 59.1 Å². The molecule has 4 atom stereocenters. The first-order chi connectivity index (χ1) is 12.0. The minimum atomic E-state index is -2.09. The third-order valence-electron chi connectivity index (χ3n) is 6.41. The summed E-state index contributed by atoms with van der Waals surface area (Å²) in [5.41, 5.74) is 0. The van der Waals surface area contributed by atoms with Crippen molar-refractivity contribution >= 4 is 23.0 Å². The van der Waals surface area contributed by atoms with Crippen LogP contribution in [0.5, 0.6) is 0 Å². The van der Waals surface area contributed by atoms with Crippen LogP contribution in [0.2, 0.25) is 36.3 Å². The molecule has 0 fully saturated rings. The second-order valence-corrected chi connectivity index (χ2v) is 20.1. The molecule has 0 aromatic heterocycles. The molecule has 5 nitrogen and oxygen atoms in total. The maximum Gasteiger partial charge on any atom is 0.192 e. The Morgan fingerprint density at radius 1 is 1.11 bits per heavy atom. The summed E-state index contributed by atoms with van der Waals surface area (Å²) >= 11 is 0. The number of ether oxygens (including phenoxy) is 1. The van der Waals surface area contributed by atoms with Gasteiger partial charge < -0.3 is 18.7 Å². The average molecular weight is 416 g/mol. The van der Waals surface area contributed by atoms with Gasteiger partial charge in [-0.25, -0.2) is 4.99 Å². The molecule has 158 valence electrons. The molecule has 0 saturated carbocycles. The molecule has 7 heteroatoms. The lowest BCUT2D eigenvalue weighted by Crippen LogP contribution is -2.57. The van der Waals surface area contributed by atoms with E-state index in [1.807, 2.05) is 0 Å². The van der Waals surface area contributed by atoms with Gasteiger partial charge >= 0.3 is 0 Å². The molecule has 1 heterocycles. The minimum absolute atomic E-state index is 0.0443. The Morgan fingerprint density at radius 3 is 2.07 bits per heavy atom. The molecule has 0 aliphatic carbocycles. The second-order valence-electron chi connectivity index (χ2n) is 10.6. The number of rotatable bonds is 7. The number of hydrogen-bond acceptors (Lipinski definition) is 5. The first kappa shape index (κ1) is 24.6. The Bertz CT molecular complexity index is 535. The number of aliphatic hydroxyl groups excluding tert-OH is 1. The average Bonchev–Trinajstić information content (AvgIpc) is 2.50. The third kappa shape index (κ3) is 6.00. The zero-order valence-corrected chi connectivity index (χ0v) is 21.0. The van der Waals surface area contributed by atoms with Gasteiger partial charge in [-0.3, -0.25) is 0 Å². The number of aliphatic imine (C=N–C) groups is 1. The van der Waals surface area contributed by atoms with E-state index in [2.05, 4.69) is 79.3 Å². The highest BCUT2D eigenvalue weighted by Gasteiger charge is 2.47. The standard InChI is InChI=1S/C20H41NO4Si2/c1-12-16(22)18-17(25-27(10,11)20(5,6)7)15(21-14-23-18)13-24-26(8,9)19(2,3)4/h12,14-18,22H,1,13H2,2-11H3/t15-,16-,17+,18-/m0/s1. The van der Waals surface area contributed by atoms with Crippen molar-refractivity contribution in [3.05, 3.63) is 12.7 Å². The summed E-state index contributed by atoms with van der Waals surface area (Å²) in [5.74, 6) is 0. The largest absolute Gasteiger partial charge is 0.474 e. The van der Waals surface area contributed by atoms with Gasteiger partial charge in [0.2, 0.25) is 0 Å². The van der Waals surface area contributed by atoms with E-state index in [1.54, 1.807) is 0 Å². The van der Waals surface area contributed by atoms with Gasteiger partial charge in [-0.05, 0) is 36.3 Å². The van der Waals surface area contributed by atoms with E-state index in [4.69, 9.17) is 13.6 Å². The Hall–Kier alpha value is -0.476. The highest BCUT2D eigenvalue weighted by atomic mass is 28.4. The molecular weight excluding hydrogens is 374 g/mol. The fourth-order valence-corrected chi connectivity index (χ4v) is 4.63. The molecule has 0 unspecified atom stereocenters. The van der Waals surface area contributed by atoms with Crippen LogP contribution in [0.15, 0.2) is 17.6 Å². The van der Waals surface area contributed by atoms with Crippen molar-refractivity contribution in [3.8, 4) is 0 Å². The summed E-state index contributed by atoms with van der Waals surface area (Å²) in [4.78, 5) is 4.53. The zero-order valence-electron chi connectivity index (χ0n) is 19.0. The molecule has 0 saturated heterocycles. The fourth-order valence-electron chi connectivity index (χ4n) is 2.28. The predicted octanol–water partition coefficient (Wildman–Crippen LogP) is 4.74. The normalized spacial score (nSPS) is 25.8. The highest BCUT2D eigenvalue weighted by Crippen LogP contribution is 2.40. The number of aliphatic hydroxyl groups is 1. The predicted molar refractivity (Wildman–Crippen MR) is 119 cm³/mol. The van der Waals surface area contributed by atoms with Crippen LogP contribution in [0, 0.1) is 0 Å². The minimum Gasteiger partial charge on any atom is -0.474 e. The second kappa shape index (κ2) is 8.49. The number of nitrogens with zero attached hydrogens (tertiary/aromatic N) is 1. The van der Waals surface area contributed by atoms with Crippen molar-refractivity contribution < 1.29 is 18.7 Å². The lowest BCUT2D eigenvalue weighted by molar-refractivity contribution is -0.0493. The quantitative estimate of drug-likeness (QED) is 0.482. The molecule has 1 N–H and O–H groups in total. The third-order valence-corrected chi connectivity index (χ3v) is 15.4. The van der Waals surface area contributed by atoms with Crippen LogP contribution in [0.25, 0.3) is 0 Å². The van der Waals surface area contributed by atoms with Crippen LogP contribution in [0.1, 0.15) is 41.5 Å². The lowest BCUT2D eigenvalue weighted by atomic mass is 10.0. The Kier molecular flexibility index (Phi) is 7.72. The summed E-state index contributed by atoms with van der Waals surface area (Å²) in [6, 6.07) is -0.207. The van der Waals surface area contributed by atoms with E-state index in [0.717, 1.165) is 0 Å². The molecule has 0 amide bonds. The summed E-state index contributed by atoms with van der Waals surface area (Å²) in [6.07, 6.45) is 1.22. The topological polar surface area (TPSA) is 60.3 Å². The van der Waals surface area contributed by atoms with Crippen molar-refractivity contribution in [2.75, 3.05) is 6.61 Å². The first-order valence-corrected chi connectivity index (χ1v) is 15.6. The van der Waals surface area contributed by atoms with Crippen molar-refractivity contribution in [2.45, 2.75) is 102 Å². The SMILES string of the molecule is C=C[C@H](O)[C@@H]1OC=N[C@@H](CO[Si](C)(C)C(C)(C)C)[C@H]1O[Si](C)(C)C(C)(C)C. The molecule has 1 aliphatic heterocycles. The zero-order chi connectivity index (χ0) is 21.3. The summed E-state index contributed by atoms with van der Waals surface area (Å²) < 4.78 is 18.8. The van der Waals surface area contributed by atoms with Crippen molar-refractivity contribution in [1.29, 1.82) is 0 Å². The van der Waals surface area contributed by atoms with Gasteiger partial charge in [-0.15, -0.1) is 6.58 Å². The molecule has 0 radical (unpaired) electrons. The first-order valence-electron chi connectivity index (χ1n) is 9.83. The van der Waals surface area contributed by atoms with E-state index >= 15 is 0 Å². The summed E-state index contributed by atoms with van der Waals surface area (Å²) in [7, 11) is -4.00. The highest BCUT2D eigenvalue weighted by molar-refractivity contribution is 6.74. The molecule has 0 aromatic carbocycles. The van der Waals surface area contributed by atoms with E-state index in [9.17, 15) is 5.11 Å². The Balaban J connectivity index is 3.10. The number of hydrogen-bond donors (Lipinski definition) is 1. The molecule has 0 spiro atoms. The van der Waals surface area contributed by atoms with Gasteiger partial charge in [0.25, 0.3) is 0 Å². The smallest absolute Gasteiger partial charge is 0.192 e. The molecule has 1 aliphatic rings. The molecule has 0 aromatic rings.